The lowest BCUT2D eigenvalue weighted by Gasteiger charge is -2.35. The number of sulfonamides is 1. The molecule has 1 aliphatic heterocycles. The zero-order chi connectivity index (χ0) is 22.9. The number of fused-ring (bicyclic) bond motifs is 1. The van der Waals surface area contributed by atoms with Crippen molar-refractivity contribution in [3.63, 3.8) is 0 Å². The molecule has 1 amide bonds. The minimum atomic E-state index is -3.93. The topological polar surface area (TPSA) is 75.7 Å². The van der Waals surface area contributed by atoms with Crippen LogP contribution < -0.4 is 14.4 Å². The Morgan fingerprint density at radius 3 is 2.31 bits per heavy atom. The van der Waals surface area contributed by atoms with Gasteiger partial charge in [0, 0.05) is 11.6 Å². The van der Waals surface area contributed by atoms with Gasteiger partial charge >= 0.3 is 0 Å². The number of amides is 1. The second-order valence-electron chi connectivity index (χ2n) is 7.77. The first-order valence-corrected chi connectivity index (χ1v) is 11.9. The van der Waals surface area contributed by atoms with Crippen LogP contribution in [-0.4, -0.2) is 27.0 Å². The first-order valence-electron chi connectivity index (χ1n) is 10.1. The number of nitrogens with zero attached hydrogens (tertiary/aromatic N) is 1. The molecule has 0 saturated heterocycles. The molecule has 0 saturated carbocycles. The molecular weight excluding hydrogens is 448 g/mol. The first-order chi connectivity index (χ1) is 15.2. The summed E-state index contributed by atoms with van der Waals surface area (Å²) in [4.78, 5) is 13.0. The fraction of sp³-hybridized carbons (Fsp3) is 0.208. The van der Waals surface area contributed by atoms with Crippen molar-refractivity contribution in [3.8, 4) is 5.75 Å². The Balaban J connectivity index is 1.61. The predicted octanol–water partition coefficient (Wildman–Crippen LogP) is 4.23. The van der Waals surface area contributed by atoms with Crippen LogP contribution in [0, 0.1) is 13.8 Å². The Labute approximate surface area is 192 Å². The molecule has 32 heavy (non-hydrogen) atoms. The lowest BCUT2D eigenvalue weighted by molar-refractivity contribution is -0.127. The molecule has 0 aromatic heterocycles. The van der Waals surface area contributed by atoms with Crippen LogP contribution in [-0.2, 0) is 21.4 Å². The summed E-state index contributed by atoms with van der Waals surface area (Å²) in [6.07, 6.45) is -1.01. The average molecular weight is 471 g/mol. The van der Waals surface area contributed by atoms with E-state index in [4.69, 9.17) is 16.3 Å². The van der Waals surface area contributed by atoms with E-state index in [1.807, 2.05) is 38.1 Å². The highest BCUT2D eigenvalue weighted by Crippen LogP contribution is 2.38. The van der Waals surface area contributed by atoms with Crippen molar-refractivity contribution >= 4 is 33.2 Å². The van der Waals surface area contributed by atoms with E-state index in [0.717, 1.165) is 16.7 Å². The molecule has 0 fully saturated rings. The molecule has 0 spiro atoms. The Morgan fingerprint density at radius 1 is 1.03 bits per heavy atom. The third kappa shape index (κ3) is 4.59. The molecular formula is C24H23ClN2O4S. The number of carbonyl (C=O) groups is 1. The normalized spacial score (nSPS) is 15.6. The third-order valence-corrected chi connectivity index (χ3v) is 7.31. The fourth-order valence-corrected chi connectivity index (χ4v) is 5.07. The van der Waals surface area contributed by atoms with Crippen LogP contribution in [0.4, 0.5) is 5.69 Å². The zero-order valence-electron chi connectivity index (χ0n) is 17.7. The van der Waals surface area contributed by atoms with Crippen LogP contribution >= 0.6 is 11.6 Å². The highest BCUT2D eigenvalue weighted by molar-refractivity contribution is 7.92. The summed E-state index contributed by atoms with van der Waals surface area (Å²) in [7, 11) is -3.93. The van der Waals surface area contributed by atoms with Gasteiger partial charge in [-0.15, -0.1) is 0 Å². The van der Waals surface area contributed by atoms with Gasteiger partial charge in [-0.2, -0.15) is 0 Å². The Morgan fingerprint density at radius 2 is 1.66 bits per heavy atom. The van der Waals surface area contributed by atoms with Crippen molar-refractivity contribution in [1.29, 1.82) is 0 Å². The highest BCUT2D eigenvalue weighted by atomic mass is 35.5. The van der Waals surface area contributed by atoms with Gasteiger partial charge in [-0.25, -0.2) is 8.42 Å². The van der Waals surface area contributed by atoms with Gasteiger partial charge in [0.2, 0.25) is 0 Å². The molecule has 8 heteroatoms. The Bertz CT molecular complexity index is 1240. The smallest absolute Gasteiger partial charge is 0.264 e. The molecule has 4 rings (SSSR count). The molecule has 1 atom stereocenters. The molecule has 1 aliphatic rings. The third-order valence-electron chi connectivity index (χ3n) is 5.28. The number of aryl methyl sites for hydroxylation is 2. The molecule has 0 unspecified atom stereocenters. The summed E-state index contributed by atoms with van der Waals surface area (Å²) >= 11 is 6.13. The largest absolute Gasteiger partial charge is 0.476 e. The van der Waals surface area contributed by atoms with E-state index >= 15 is 0 Å². The Kier molecular flexibility index (Phi) is 6.13. The number of nitrogens with one attached hydrogen (secondary N) is 1. The van der Waals surface area contributed by atoms with E-state index < -0.39 is 22.0 Å². The van der Waals surface area contributed by atoms with Gasteiger partial charge in [0.1, 0.15) is 5.75 Å². The number of carbonyl (C=O) groups excluding carboxylic acids is 1. The highest BCUT2D eigenvalue weighted by Gasteiger charge is 2.37. The summed E-state index contributed by atoms with van der Waals surface area (Å²) in [5.74, 6) is -0.109. The number of hydrogen-bond acceptors (Lipinski definition) is 4. The SMILES string of the molecule is Cc1ccc(CNC(=O)[C@@H]2CN(S(=O)(=O)c3ccc(C)cc3)c3cc(Cl)ccc3O2)cc1. The van der Waals surface area contributed by atoms with Crippen molar-refractivity contribution in [1.82, 2.24) is 5.32 Å². The summed E-state index contributed by atoms with van der Waals surface area (Å²) in [5.41, 5.74) is 3.32. The van der Waals surface area contributed by atoms with Crippen molar-refractivity contribution in [2.45, 2.75) is 31.4 Å². The number of rotatable bonds is 5. The monoisotopic (exact) mass is 470 g/mol. The minimum absolute atomic E-state index is 0.134. The molecule has 6 nitrogen and oxygen atoms in total. The molecule has 1 N–H and O–H groups in total. The number of benzene rings is 3. The van der Waals surface area contributed by atoms with Crippen LogP contribution in [0.2, 0.25) is 5.02 Å². The van der Waals surface area contributed by atoms with E-state index in [1.54, 1.807) is 36.4 Å². The maximum Gasteiger partial charge on any atom is 0.264 e. The maximum absolute atomic E-state index is 13.4. The molecule has 0 bridgehead atoms. The zero-order valence-corrected chi connectivity index (χ0v) is 19.3. The fourth-order valence-electron chi connectivity index (χ4n) is 3.44. The lowest BCUT2D eigenvalue weighted by atomic mass is 10.1. The van der Waals surface area contributed by atoms with Crippen LogP contribution in [0.3, 0.4) is 0 Å². The number of ether oxygens (including phenoxy) is 1. The van der Waals surface area contributed by atoms with Crippen molar-refractivity contribution in [2.24, 2.45) is 0 Å². The van der Waals surface area contributed by atoms with Crippen molar-refractivity contribution < 1.29 is 17.9 Å². The maximum atomic E-state index is 13.4. The summed E-state index contributed by atoms with van der Waals surface area (Å²) in [5, 5.41) is 3.21. The molecule has 3 aromatic rings. The van der Waals surface area contributed by atoms with Gasteiger partial charge in [-0.3, -0.25) is 9.10 Å². The van der Waals surface area contributed by atoms with Crippen molar-refractivity contribution in [2.75, 3.05) is 10.8 Å². The quantitative estimate of drug-likeness (QED) is 0.605. The van der Waals surface area contributed by atoms with Crippen LogP contribution in [0.15, 0.2) is 71.6 Å². The average Bonchev–Trinajstić information content (AvgIpc) is 2.78. The van der Waals surface area contributed by atoms with Crippen LogP contribution in [0.5, 0.6) is 5.75 Å². The van der Waals surface area contributed by atoms with E-state index in [1.165, 1.54) is 10.4 Å². The van der Waals surface area contributed by atoms with Gasteiger partial charge in [0.15, 0.2) is 6.10 Å². The first kappa shape index (κ1) is 22.2. The number of hydrogen-bond donors (Lipinski definition) is 1. The number of anilines is 1. The van der Waals surface area contributed by atoms with E-state index in [2.05, 4.69) is 5.32 Å². The van der Waals surface area contributed by atoms with Gasteiger partial charge in [0.05, 0.1) is 17.1 Å². The minimum Gasteiger partial charge on any atom is -0.476 e. The molecule has 166 valence electrons. The van der Waals surface area contributed by atoms with Crippen LogP contribution in [0.1, 0.15) is 16.7 Å². The van der Waals surface area contributed by atoms with Crippen molar-refractivity contribution in [3.05, 3.63) is 88.4 Å². The van der Waals surface area contributed by atoms with Gasteiger partial charge in [-0.05, 0) is 49.7 Å². The van der Waals surface area contributed by atoms with Gasteiger partial charge < -0.3 is 10.1 Å². The standard InChI is InChI=1S/C24H23ClN2O4S/c1-16-3-7-18(8-4-16)14-26-24(28)23-15-27(21-13-19(25)9-12-22(21)31-23)32(29,30)20-10-5-17(2)6-11-20/h3-13,23H,14-15H2,1-2H3,(H,26,28)/t23-/m0/s1. The molecule has 0 radical (unpaired) electrons. The predicted molar refractivity (Wildman–Crippen MR) is 125 cm³/mol. The van der Waals surface area contributed by atoms with Crippen LogP contribution in [0.25, 0.3) is 0 Å². The molecule has 0 aliphatic carbocycles. The number of halogens is 1. The van der Waals surface area contributed by atoms with E-state index in [9.17, 15) is 13.2 Å². The second kappa shape index (κ2) is 8.84. The van der Waals surface area contributed by atoms with E-state index in [-0.39, 0.29) is 17.2 Å². The summed E-state index contributed by atoms with van der Waals surface area (Å²) < 4.78 is 33.9. The van der Waals surface area contributed by atoms with E-state index in [0.29, 0.717) is 17.3 Å². The lowest BCUT2D eigenvalue weighted by Crippen LogP contribution is -2.50. The summed E-state index contributed by atoms with van der Waals surface area (Å²) in [6.45, 7) is 4.03. The van der Waals surface area contributed by atoms with Gasteiger partial charge in [0.25, 0.3) is 15.9 Å². The Hall–Kier alpha value is -3.03. The molecule has 1 heterocycles. The summed E-state index contributed by atoms with van der Waals surface area (Å²) in [6, 6.07) is 19.1. The second-order valence-corrected chi connectivity index (χ2v) is 10.1. The van der Waals surface area contributed by atoms with Gasteiger partial charge in [-0.1, -0.05) is 59.1 Å². The molecule has 3 aromatic carbocycles.